The highest BCUT2D eigenvalue weighted by Gasteiger charge is 2.14. The van der Waals surface area contributed by atoms with Gasteiger partial charge in [0.05, 0.1) is 11.7 Å². The molecule has 2 N–H and O–H groups in total. The summed E-state index contributed by atoms with van der Waals surface area (Å²) in [7, 11) is 0. The second-order valence-corrected chi connectivity index (χ2v) is 5.68. The Morgan fingerprint density at radius 1 is 1.26 bits per heavy atom. The number of carboxylic acid groups (broad SMARTS) is 1. The van der Waals surface area contributed by atoms with Crippen LogP contribution in [0.25, 0.3) is 0 Å². The van der Waals surface area contributed by atoms with E-state index in [9.17, 15) is 14.7 Å². The van der Waals surface area contributed by atoms with Crippen LogP contribution in [0.3, 0.4) is 0 Å². The zero-order valence-electron chi connectivity index (χ0n) is 12.3. The van der Waals surface area contributed by atoms with E-state index in [0.29, 0.717) is 16.3 Å². The van der Waals surface area contributed by atoms with Gasteiger partial charge in [-0.3, -0.25) is 4.79 Å². The number of benzene rings is 1. The molecule has 0 aliphatic heterocycles. The monoisotopic (exact) mass is 327 g/mol. The number of carbonyl (C=O) groups is 2. The van der Waals surface area contributed by atoms with Gasteiger partial charge >= 0.3 is 0 Å². The van der Waals surface area contributed by atoms with Crippen LogP contribution in [0.2, 0.25) is 0 Å². The number of H-pyrrole nitrogens is 1. The Morgan fingerprint density at radius 2 is 1.96 bits per heavy atom. The molecule has 1 aromatic carbocycles. The van der Waals surface area contributed by atoms with Gasteiger partial charge in [-0.05, 0) is 35.5 Å². The molecule has 0 bridgehead atoms. The quantitative estimate of drug-likeness (QED) is 0.816. The van der Waals surface area contributed by atoms with E-state index in [2.05, 4.69) is 16.4 Å². The molecule has 6 nitrogen and oxygen atoms in total. The lowest BCUT2D eigenvalue weighted by atomic mass is 10.2. The number of nitriles is 1. The number of nitrogens with zero attached hydrogens (tertiary/aromatic N) is 1. The van der Waals surface area contributed by atoms with Gasteiger partial charge in [-0.15, -0.1) is 0 Å². The fourth-order valence-corrected chi connectivity index (χ4v) is 2.65. The number of amides is 1. The molecule has 23 heavy (non-hydrogen) atoms. The van der Waals surface area contributed by atoms with Crippen molar-refractivity contribution in [2.45, 2.75) is 11.9 Å². The number of rotatable bonds is 5. The maximum atomic E-state index is 11.9. The minimum absolute atomic E-state index is 0.0467. The highest BCUT2D eigenvalue weighted by atomic mass is 32.2. The van der Waals surface area contributed by atoms with Crippen molar-refractivity contribution in [2.75, 3.05) is 11.1 Å². The molecule has 0 aliphatic carbocycles. The van der Waals surface area contributed by atoms with Crippen molar-refractivity contribution >= 4 is 29.3 Å². The topological polar surface area (TPSA) is 107 Å². The molecule has 0 unspecified atom stereocenters. The summed E-state index contributed by atoms with van der Waals surface area (Å²) in [5.74, 6) is -1.40. The number of carbonyl (C=O) groups excluding carboxylic acids is 2. The molecule has 2 aromatic rings. The van der Waals surface area contributed by atoms with E-state index in [0.717, 1.165) is 5.69 Å². The Bertz CT molecular complexity index is 782. The van der Waals surface area contributed by atoms with Gasteiger partial charge in [0, 0.05) is 18.7 Å². The van der Waals surface area contributed by atoms with Crippen molar-refractivity contribution < 1.29 is 19.7 Å². The number of hydrogen-bond donors (Lipinski definition) is 1. The van der Waals surface area contributed by atoms with Gasteiger partial charge in [0.15, 0.2) is 5.69 Å². The van der Waals surface area contributed by atoms with Gasteiger partial charge in [-0.1, -0.05) is 12.1 Å². The predicted octanol–water partition coefficient (Wildman–Crippen LogP) is 0.775. The van der Waals surface area contributed by atoms with E-state index >= 15 is 0 Å². The maximum Gasteiger partial charge on any atom is 0.257 e. The van der Waals surface area contributed by atoms with E-state index in [1.807, 2.05) is 6.92 Å². The SMILES string of the molecule is Cc1ccc(C#N)c(SCC(=O)Nc2ccc(C(=O)[O-])cc2)[nH+]1. The minimum atomic E-state index is -1.27. The second kappa shape index (κ2) is 7.42. The third-order valence-electron chi connectivity index (χ3n) is 2.93. The van der Waals surface area contributed by atoms with Crippen molar-refractivity contribution in [3.8, 4) is 6.07 Å². The summed E-state index contributed by atoms with van der Waals surface area (Å²) >= 11 is 1.23. The van der Waals surface area contributed by atoms with Crippen molar-refractivity contribution in [3.63, 3.8) is 0 Å². The highest BCUT2D eigenvalue weighted by molar-refractivity contribution is 7.99. The molecular weight excluding hydrogens is 314 g/mol. The van der Waals surface area contributed by atoms with Crippen molar-refractivity contribution in [1.29, 1.82) is 5.26 Å². The Labute approximate surface area is 137 Å². The van der Waals surface area contributed by atoms with Crippen LogP contribution >= 0.6 is 11.8 Å². The number of aromatic amines is 1. The van der Waals surface area contributed by atoms with Gasteiger partial charge in [0.2, 0.25) is 5.91 Å². The van der Waals surface area contributed by atoms with Gasteiger partial charge < -0.3 is 15.2 Å². The van der Waals surface area contributed by atoms with Crippen molar-refractivity contribution in [2.24, 2.45) is 0 Å². The van der Waals surface area contributed by atoms with Crippen LogP contribution in [0.1, 0.15) is 21.6 Å². The summed E-state index contributed by atoms with van der Waals surface area (Å²) in [6.45, 7) is 1.87. The minimum Gasteiger partial charge on any atom is -0.545 e. The number of aromatic carboxylic acids is 1. The summed E-state index contributed by atoms with van der Waals surface area (Å²) in [6, 6.07) is 11.3. The number of carboxylic acids is 1. The number of aromatic nitrogens is 1. The van der Waals surface area contributed by atoms with Crippen LogP contribution in [-0.4, -0.2) is 17.6 Å². The molecule has 1 amide bonds. The number of anilines is 1. The van der Waals surface area contributed by atoms with Crippen LogP contribution in [0.15, 0.2) is 41.4 Å². The average molecular weight is 327 g/mol. The number of thioether (sulfide) groups is 1. The Morgan fingerprint density at radius 3 is 2.57 bits per heavy atom. The number of aryl methyl sites for hydroxylation is 1. The summed E-state index contributed by atoms with van der Waals surface area (Å²) in [4.78, 5) is 25.6. The predicted molar refractivity (Wildman–Crippen MR) is 82.6 cm³/mol. The van der Waals surface area contributed by atoms with E-state index in [1.54, 1.807) is 12.1 Å². The molecule has 0 fully saturated rings. The third kappa shape index (κ3) is 4.56. The number of pyridine rings is 1. The second-order valence-electron chi connectivity index (χ2n) is 4.70. The largest absolute Gasteiger partial charge is 0.545 e. The first-order valence-electron chi connectivity index (χ1n) is 6.66. The molecule has 0 aliphatic rings. The smallest absolute Gasteiger partial charge is 0.257 e. The van der Waals surface area contributed by atoms with Crippen LogP contribution in [0.4, 0.5) is 5.69 Å². The molecule has 116 valence electrons. The average Bonchev–Trinajstić information content (AvgIpc) is 2.53. The van der Waals surface area contributed by atoms with E-state index in [-0.39, 0.29) is 17.2 Å². The zero-order valence-corrected chi connectivity index (χ0v) is 13.1. The van der Waals surface area contributed by atoms with Crippen molar-refractivity contribution in [3.05, 3.63) is 53.2 Å². The van der Waals surface area contributed by atoms with Gasteiger partial charge in [0.25, 0.3) is 5.03 Å². The summed E-state index contributed by atoms with van der Waals surface area (Å²) in [6.07, 6.45) is 0. The molecule has 0 saturated heterocycles. The molecule has 7 heteroatoms. The molecular formula is C16H13N3O3S. The Balaban J connectivity index is 1.97. The fourth-order valence-electron chi connectivity index (χ4n) is 1.80. The first kappa shape index (κ1) is 16.5. The summed E-state index contributed by atoms with van der Waals surface area (Å²) < 4.78 is 0. The highest BCUT2D eigenvalue weighted by Crippen LogP contribution is 2.18. The normalized spacial score (nSPS) is 9.91. The standard InChI is InChI=1S/C16H13N3O3S/c1-10-2-3-12(8-17)15(18-10)23-9-14(20)19-13-6-4-11(5-7-13)16(21)22/h2-7H,9H2,1H3,(H,19,20)(H,21,22). The third-order valence-corrected chi connectivity index (χ3v) is 3.94. The zero-order chi connectivity index (χ0) is 16.8. The summed E-state index contributed by atoms with van der Waals surface area (Å²) in [5.41, 5.74) is 1.91. The molecule has 2 rings (SSSR count). The Hall–Kier alpha value is -2.85. The lowest BCUT2D eigenvalue weighted by Crippen LogP contribution is -2.22. The molecule has 0 saturated carbocycles. The van der Waals surface area contributed by atoms with Crippen molar-refractivity contribution in [1.82, 2.24) is 0 Å². The van der Waals surface area contributed by atoms with Crippen LogP contribution < -0.4 is 15.4 Å². The van der Waals surface area contributed by atoms with E-state index in [4.69, 9.17) is 5.26 Å². The molecule has 0 radical (unpaired) electrons. The van der Waals surface area contributed by atoms with Gasteiger partial charge in [-0.2, -0.15) is 5.26 Å². The van der Waals surface area contributed by atoms with Gasteiger partial charge in [0.1, 0.15) is 11.6 Å². The van der Waals surface area contributed by atoms with E-state index < -0.39 is 5.97 Å². The molecule has 1 aromatic heterocycles. The lowest BCUT2D eigenvalue weighted by Gasteiger charge is -2.06. The fraction of sp³-hybridized carbons (Fsp3) is 0.125. The van der Waals surface area contributed by atoms with Gasteiger partial charge in [-0.25, -0.2) is 4.98 Å². The first-order valence-corrected chi connectivity index (χ1v) is 7.65. The molecule has 0 atom stereocenters. The first-order chi connectivity index (χ1) is 11.0. The van der Waals surface area contributed by atoms with E-state index in [1.165, 1.54) is 36.0 Å². The maximum absolute atomic E-state index is 11.9. The van der Waals surface area contributed by atoms with Crippen LogP contribution in [0.5, 0.6) is 0 Å². The Kier molecular flexibility index (Phi) is 5.33. The lowest BCUT2D eigenvalue weighted by molar-refractivity contribution is -0.435. The van der Waals surface area contributed by atoms with Crippen LogP contribution in [0, 0.1) is 18.3 Å². The summed E-state index contributed by atoms with van der Waals surface area (Å²) in [5, 5.41) is 23.0. The van der Waals surface area contributed by atoms with Crippen LogP contribution in [-0.2, 0) is 4.79 Å². The number of hydrogen-bond acceptors (Lipinski definition) is 5. The molecule has 0 spiro atoms. The molecule has 1 heterocycles. The number of nitrogens with one attached hydrogen (secondary N) is 2.